The maximum atomic E-state index is 12.7. The average Bonchev–Trinajstić information content (AvgIpc) is 2.98. The van der Waals surface area contributed by atoms with Crippen molar-refractivity contribution in [2.24, 2.45) is 0 Å². The van der Waals surface area contributed by atoms with Crippen LogP contribution >= 0.6 is 11.6 Å². The van der Waals surface area contributed by atoms with Crippen LogP contribution in [0.25, 0.3) is 5.65 Å². The number of nitrogens with zero attached hydrogens (tertiary/aromatic N) is 2. The van der Waals surface area contributed by atoms with E-state index < -0.39 is 16.1 Å². The number of rotatable bonds is 7. The van der Waals surface area contributed by atoms with Crippen molar-refractivity contribution in [1.29, 1.82) is 0 Å². The number of hydrogen-bond acceptors (Lipinski definition) is 6. The molecule has 0 spiro atoms. The highest BCUT2D eigenvalue weighted by atomic mass is 35.5. The molecule has 1 aromatic carbocycles. The second-order valence-corrected chi connectivity index (χ2v) is 7.77. The number of carbonyl (C=O) groups is 1. The summed E-state index contributed by atoms with van der Waals surface area (Å²) in [6, 6.07) is 11.3. The summed E-state index contributed by atoms with van der Waals surface area (Å²) in [5.41, 5.74) is 0.296. The minimum absolute atomic E-state index is 0.200. The van der Waals surface area contributed by atoms with E-state index in [2.05, 4.69) is 4.98 Å². The van der Waals surface area contributed by atoms with Crippen LogP contribution in [0.5, 0.6) is 11.5 Å². The van der Waals surface area contributed by atoms with E-state index in [0.717, 1.165) is 12.8 Å². The van der Waals surface area contributed by atoms with E-state index in [1.54, 1.807) is 30.3 Å². The van der Waals surface area contributed by atoms with E-state index in [-0.39, 0.29) is 15.9 Å². The molecule has 8 nitrogen and oxygen atoms in total. The number of benzene rings is 1. The Labute approximate surface area is 167 Å². The maximum absolute atomic E-state index is 12.7. The number of pyridine rings is 1. The van der Waals surface area contributed by atoms with E-state index in [4.69, 9.17) is 21.1 Å². The molecule has 0 saturated carbocycles. The molecule has 0 aliphatic carbocycles. The van der Waals surface area contributed by atoms with Gasteiger partial charge in [0, 0.05) is 0 Å². The van der Waals surface area contributed by atoms with Crippen LogP contribution in [-0.4, -0.2) is 30.5 Å². The number of halogens is 1. The van der Waals surface area contributed by atoms with Crippen molar-refractivity contribution in [2.45, 2.75) is 24.8 Å². The van der Waals surface area contributed by atoms with Crippen LogP contribution in [0.4, 0.5) is 4.79 Å². The van der Waals surface area contributed by atoms with Gasteiger partial charge in [0.05, 0.1) is 12.8 Å². The third-order valence-electron chi connectivity index (χ3n) is 3.70. The Morgan fingerprint density at radius 1 is 1.18 bits per heavy atom. The molecular weight excluding hydrogens is 406 g/mol. The first-order chi connectivity index (χ1) is 13.4. The van der Waals surface area contributed by atoms with Gasteiger partial charge in [-0.05, 0) is 30.7 Å². The molecule has 3 aromatic rings. The zero-order valence-electron chi connectivity index (χ0n) is 15.0. The van der Waals surface area contributed by atoms with E-state index in [1.807, 2.05) is 11.6 Å². The highest BCUT2D eigenvalue weighted by Gasteiger charge is 2.27. The van der Waals surface area contributed by atoms with E-state index in [9.17, 15) is 13.2 Å². The van der Waals surface area contributed by atoms with Gasteiger partial charge in [0.2, 0.25) is 0 Å². The third kappa shape index (κ3) is 4.55. The summed E-state index contributed by atoms with van der Waals surface area (Å²) in [5, 5.41) is -0.652. The molecule has 0 radical (unpaired) electrons. The Morgan fingerprint density at radius 3 is 2.64 bits per heavy atom. The second kappa shape index (κ2) is 8.49. The number of imidazole rings is 1. The standard InChI is InChI=1S/C18H18ClN3O5S/c1-2-3-11-26-14-9-10-15-20-16(19)17(22(15)12-14)28(24,25)21-18(23)27-13-7-5-4-6-8-13/h4-10,12H,2-3,11H2,1H3,(H,21,23). The van der Waals surface area contributed by atoms with Crippen LogP contribution in [0, 0.1) is 0 Å². The molecule has 1 amide bonds. The van der Waals surface area contributed by atoms with Crippen molar-refractivity contribution >= 4 is 33.4 Å². The summed E-state index contributed by atoms with van der Waals surface area (Å²) < 4.78 is 39.0. The number of nitrogens with one attached hydrogen (secondary N) is 1. The fourth-order valence-corrected chi connectivity index (χ4v) is 3.92. The molecule has 3 rings (SSSR count). The highest BCUT2D eigenvalue weighted by Crippen LogP contribution is 2.25. The van der Waals surface area contributed by atoms with E-state index >= 15 is 0 Å². The van der Waals surface area contributed by atoms with Crippen LogP contribution in [0.1, 0.15) is 19.8 Å². The Hall–Kier alpha value is -2.78. The first kappa shape index (κ1) is 20.0. The van der Waals surface area contributed by atoms with Crippen LogP contribution in [0.15, 0.2) is 53.7 Å². The second-order valence-electron chi connectivity index (χ2n) is 5.81. The van der Waals surface area contributed by atoms with Gasteiger partial charge in [-0.1, -0.05) is 43.1 Å². The molecule has 0 aliphatic heterocycles. The van der Waals surface area contributed by atoms with Crippen molar-refractivity contribution in [3.05, 3.63) is 53.8 Å². The highest BCUT2D eigenvalue weighted by molar-refractivity contribution is 7.90. The third-order valence-corrected chi connectivity index (χ3v) is 5.41. The zero-order valence-corrected chi connectivity index (χ0v) is 16.5. The molecule has 10 heteroatoms. The number of amides is 1. The van der Waals surface area contributed by atoms with Crippen molar-refractivity contribution in [1.82, 2.24) is 14.1 Å². The van der Waals surface area contributed by atoms with Crippen LogP contribution < -0.4 is 14.2 Å². The summed E-state index contributed by atoms with van der Waals surface area (Å²) in [4.78, 5) is 16.0. The minimum Gasteiger partial charge on any atom is -0.492 e. The number of unbranched alkanes of at least 4 members (excludes halogenated alkanes) is 1. The summed E-state index contributed by atoms with van der Waals surface area (Å²) in [6.45, 7) is 2.53. The fourth-order valence-electron chi connectivity index (χ4n) is 2.41. The summed E-state index contributed by atoms with van der Waals surface area (Å²) >= 11 is 6.03. The Kier molecular flexibility index (Phi) is 6.05. The molecule has 0 aliphatic rings. The topological polar surface area (TPSA) is 99.0 Å². The monoisotopic (exact) mass is 423 g/mol. The van der Waals surface area contributed by atoms with Gasteiger partial charge in [-0.2, -0.15) is 8.42 Å². The smallest absolute Gasteiger partial charge is 0.426 e. The molecule has 2 aromatic heterocycles. The van der Waals surface area contributed by atoms with Gasteiger partial charge in [-0.3, -0.25) is 4.40 Å². The van der Waals surface area contributed by atoms with E-state index in [0.29, 0.717) is 18.0 Å². The maximum Gasteiger partial charge on any atom is 0.426 e. The van der Waals surface area contributed by atoms with Gasteiger partial charge in [0.1, 0.15) is 17.1 Å². The molecule has 0 bridgehead atoms. The summed E-state index contributed by atoms with van der Waals surface area (Å²) in [6.07, 6.45) is 2.13. The molecule has 2 heterocycles. The first-order valence-corrected chi connectivity index (χ1v) is 10.4. The molecular formula is C18H18ClN3O5S. The lowest BCUT2D eigenvalue weighted by atomic mass is 10.3. The fraction of sp³-hybridized carbons (Fsp3) is 0.222. The van der Waals surface area contributed by atoms with Gasteiger partial charge >= 0.3 is 6.09 Å². The van der Waals surface area contributed by atoms with Gasteiger partial charge in [-0.15, -0.1) is 0 Å². The lowest BCUT2D eigenvalue weighted by Gasteiger charge is -2.09. The largest absolute Gasteiger partial charge is 0.492 e. The number of carbonyl (C=O) groups excluding carboxylic acids is 1. The normalized spacial score (nSPS) is 11.4. The quantitative estimate of drug-likeness (QED) is 0.582. The van der Waals surface area contributed by atoms with Crippen molar-refractivity contribution < 1.29 is 22.7 Å². The first-order valence-electron chi connectivity index (χ1n) is 8.51. The molecule has 1 N–H and O–H groups in total. The van der Waals surface area contributed by atoms with E-state index in [1.165, 1.54) is 22.7 Å². The number of ether oxygens (including phenoxy) is 2. The van der Waals surface area contributed by atoms with Gasteiger partial charge in [0.25, 0.3) is 10.0 Å². The molecule has 0 saturated heterocycles. The Bertz CT molecular complexity index is 1080. The van der Waals surface area contributed by atoms with Crippen molar-refractivity contribution in [3.8, 4) is 11.5 Å². The number of sulfonamides is 1. The zero-order chi connectivity index (χ0) is 20.1. The number of para-hydroxylation sites is 1. The summed E-state index contributed by atoms with van der Waals surface area (Å²) in [5.74, 6) is 0.657. The lowest BCUT2D eigenvalue weighted by Crippen LogP contribution is -2.33. The van der Waals surface area contributed by atoms with Gasteiger partial charge in [-0.25, -0.2) is 14.5 Å². The minimum atomic E-state index is -4.35. The van der Waals surface area contributed by atoms with Crippen LogP contribution in [0.3, 0.4) is 0 Å². The molecule has 28 heavy (non-hydrogen) atoms. The predicted molar refractivity (Wildman–Crippen MR) is 103 cm³/mol. The predicted octanol–water partition coefficient (Wildman–Crippen LogP) is 3.64. The van der Waals surface area contributed by atoms with Crippen molar-refractivity contribution in [2.75, 3.05) is 6.61 Å². The van der Waals surface area contributed by atoms with Gasteiger partial charge in [0.15, 0.2) is 10.2 Å². The number of aromatic nitrogens is 2. The number of fused-ring (bicyclic) bond motifs is 1. The average molecular weight is 424 g/mol. The van der Waals surface area contributed by atoms with Crippen LogP contribution in [-0.2, 0) is 10.0 Å². The molecule has 0 fully saturated rings. The SMILES string of the molecule is CCCCOc1ccc2nc(Cl)c(S(=O)(=O)NC(=O)Oc3ccccc3)n2c1. The molecule has 0 unspecified atom stereocenters. The van der Waals surface area contributed by atoms with Gasteiger partial charge < -0.3 is 9.47 Å². The van der Waals surface area contributed by atoms with Crippen molar-refractivity contribution in [3.63, 3.8) is 0 Å². The number of hydrogen-bond donors (Lipinski definition) is 1. The Morgan fingerprint density at radius 2 is 1.93 bits per heavy atom. The Balaban J connectivity index is 1.86. The lowest BCUT2D eigenvalue weighted by molar-refractivity contribution is 0.207. The summed E-state index contributed by atoms with van der Waals surface area (Å²) in [7, 11) is -4.35. The molecule has 148 valence electrons. The molecule has 0 atom stereocenters. The van der Waals surface area contributed by atoms with Crippen LogP contribution in [0.2, 0.25) is 5.15 Å².